The zero-order chi connectivity index (χ0) is 14.7. The molecule has 0 bridgehead atoms. The molecule has 4 heteroatoms. The molecule has 1 fully saturated rings. The minimum atomic E-state index is -0.590. The third-order valence-electron chi connectivity index (χ3n) is 4.12. The van der Waals surface area contributed by atoms with Crippen LogP contribution in [0.3, 0.4) is 0 Å². The Morgan fingerprint density at radius 3 is 2.62 bits per heavy atom. The molecule has 3 nitrogen and oxygen atoms in total. The quantitative estimate of drug-likeness (QED) is 0.938. The van der Waals surface area contributed by atoms with Crippen LogP contribution >= 0.6 is 0 Å². The number of aromatic nitrogens is 1. The summed E-state index contributed by atoms with van der Waals surface area (Å²) in [6, 6.07) is 10.5. The number of pyridine rings is 1. The van der Waals surface area contributed by atoms with E-state index in [0.717, 1.165) is 24.9 Å². The molecule has 1 aromatic heterocycles. The van der Waals surface area contributed by atoms with Gasteiger partial charge in [0.15, 0.2) is 0 Å². The van der Waals surface area contributed by atoms with Crippen molar-refractivity contribution in [1.82, 2.24) is 9.88 Å². The zero-order valence-corrected chi connectivity index (χ0v) is 11.8. The van der Waals surface area contributed by atoms with Gasteiger partial charge in [-0.05, 0) is 54.8 Å². The van der Waals surface area contributed by atoms with E-state index >= 15 is 0 Å². The van der Waals surface area contributed by atoms with Gasteiger partial charge in [-0.1, -0.05) is 12.1 Å². The molecule has 2 unspecified atom stereocenters. The topological polar surface area (TPSA) is 36.4 Å². The van der Waals surface area contributed by atoms with Crippen LogP contribution in [0.2, 0.25) is 0 Å². The van der Waals surface area contributed by atoms with Crippen molar-refractivity contribution in [3.63, 3.8) is 0 Å². The van der Waals surface area contributed by atoms with Crippen molar-refractivity contribution < 1.29 is 9.50 Å². The molecule has 0 saturated carbocycles. The Kier molecular flexibility index (Phi) is 4.27. The zero-order valence-electron chi connectivity index (χ0n) is 11.8. The van der Waals surface area contributed by atoms with E-state index in [1.807, 2.05) is 24.5 Å². The summed E-state index contributed by atoms with van der Waals surface area (Å²) in [5.41, 5.74) is 2.01. The highest BCUT2D eigenvalue weighted by atomic mass is 19.1. The minimum Gasteiger partial charge on any atom is -0.387 e. The molecule has 1 aliphatic heterocycles. The van der Waals surface area contributed by atoms with Crippen LogP contribution in [-0.2, 0) is 0 Å². The third kappa shape index (κ3) is 3.28. The van der Waals surface area contributed by atoms with Gasteiger partial charge in [-0.3, -0.25) is 9.88 Å². The molecule has 110 valence electrons. The van der Waals surface area contributed by atoms with Gasteiger partial charge < -0.3 is 5.11 Å². The summed E-state index contributed by atoms with van der Waals surface area (Å²) < 4.78 is 12.9. The lowest BCUT2D eigenvalue weighted by molar-refractivity contribution is 0.106. The van der Waals surface area contributed by atoms with Crippen molar-refractivity contribution in [2.45, 2.75) is 25.0 Å². The van der Waals surface area contributed by atoms with Crippen molar-refractivity contribution in [2.75, 3.05) is 13.1 Å². The van der Waals surface area contributed by atoms with E-state index < -0.39 is 6.10 Å². The molecule has 0 spiro atoms. The smallest absolute Gasteiger partial charge is 0.123 e. The second-order valence-corrected chi connectivity index (χ2v) is 5.50. The van der Waals surface area contributed by atoms with Gasteiger partial charge in [0, 0.05) is 25.0 Å². The predicted octanol–water partition coefficient (Wildman–Crippen LogP) is 3.09. The number of likely N-dealkylation sites (tertiary alicyclic amines) is 1. The molecular formula is C17H19FN2O. The number of hydrogen-bond acceptors (Lipinski definition) is 3. The molecule has 0 amide bonds. The molecule has 21 heavy (non-hydrogen) atoms. The second-order valence-electron chi connectivity index (χ2n) is 5.50. The van der Waals surface area contributed by atoms with Gasteiger partial charge in [-0.2, -0.15) is 0 Å². The van der Waals surface area contributed by atoms with Crippen molar-refractivity contribution in [3.05, 3.63) is 65.7 Å². The number of rotatable bonds is 4. The van der Waals surface area contributed by atoms with Crippen LogP contribution in [0, 0.1) is 5.82 Å². The van der Waals surface area contributed by atoms with Gasteiger partial charge >= 0.3 is 0 Å². The van der Waals surface area contributed by atoms with E-state index in [-0.39, 0.29) is 5.82 Å². The fraction of sp³-hybridized carbons (Fsp3) is 0.353. The molecule has 3 rings (SSSR count). The normalized spacial score (nSPS) is 20.6. The van der Waals surface area contributed by atoms with Crippen LogP contribution in [0.1, 0.15) is 36.1 Å². The molecule has 1 aliphatic rings. The number of benzene rings is 1. The Balaban J connectivity index is 1.70. The van der Waals surface area contributed by atoms with E-state index in [9.17, 15) is 9.50 Å². The third-order valence-corrected chi connectivity index (χ3v) is 4.12. The molecule has 0 radical (unpaired) electrons. The Morgan fingerprint density at radius 2 is 1.90 bits per heavy atom. The fourth-order valence-corrected chi connectivity index (χ4v) is 3.02. The van der Waals surface area contributed by atoms with E-state index in [1.165, 1.54) is 17.7 Å². The van der Waals surface area contributed by atoms with Gasteiger partial charge in [-0.15, -0.1) is 0 Å². The lowest BCUT2D eigenvalue weighted by Crippen LogP contribution is -2.28. The highest BCUT2D eigenvalue weighted by Gasteiger charge is 2.27. The van der Waals surface area contributed by atoms with E-state index in [1.54, 1.807) is 12.1 Å². The summed E-state index contributed by atoms with van der Waals surface area (Å²) in [6.07, 6.45) is 5.25. The first-order chi connectivity index (χ1) is 10.2. The predicted molar refractivity (Wildman–Crippen MR) is 79.1 cm³/mol. The molecule has 2 aromatic rings. The number of β-amino-alcohol motifs (C(OH)–C–C–N with tert-alkyl or cyclic N) is 1. The largest absolute Gasteiger partial charge is 0.387 e. The SMILES string of the molecule is OC(CN1CCCC1c1ccncc1)c1ccc(F)cc1. The average molecular weight is 286 g/mol. The Hall–Kier alpha value is -1.78. The molecule has 1 aromatic carbocycles. The number of aliphatic hydroxyl groups excluding tert-OH is 1. The van der Waals surface area contributed by atoms with Crippen LogP contribution in [0.25, 0.3) is 0 Å². The van der Waals surface area contributed by atoms with Gasteiger partial charge in [0.1, 0.15) is 5.82 Å². The molecule has 0 aliphatic carbocycles. The maximum Gasteiger partial charge on any atom is 0.123 e. The minimum absolute atomic E-state index is 0.276. The van der Waals surface area contributed by atoms with Crippen LogP contribution in [-0.4, -0.2) is 28.1 Å². The summed E-state index contributed by atoms with van der Waals surface area (Å²) in [7, 11) is 0. The molecule has 1 saturated heterocycles. The summed E-state index contributed by atoms with van der Waals surface area (Å²) in [4.78, 5) is 6.35. The first kappa shape index (κ1) is 14.2. The van der Waals surface area contributed by atoms with Crippen LogP contribution < -0.4 is 0 Å². The van der Waals surface area contributed by atoms with Gasteiger partial charge in [0.2, 0.25) is 0 Å². The highest BCUT2D eigenvalue weighted by molar-refractivity contribution is 5.20. The highest BCUT2D eigenvalue weighted by Crippen LogP contribution is 2.33. The van der Waals surface area contributed by atoms with Crippen LogP contribution in [0.4, 0.5) is 4.39 Å². The lowest BCUT2D eigenvalue weighted by atomic mass is 10.0. The molecular weight excluding hydrogens is 267 g/mol. The van der Waals surface area contributed by atoms with E-state index in [0.29, 0.717) is 12.6 Å². The summed E-state index contributed by atoms with van der Waals surface area (Å²) >= 11 is 0. The van der Waals surface area contributed by atoms with Gasteiger partial charge in [0.25, 0.3) is 0 Å². The average Bonchev–Trinajstić information content (AvgIpc) is 2.97. The molecule has 2 atom stereocenters. The summed E-state index contributed by atoms with van der Waals surface area (Å²) in [5.74, 6) is -0.276. The Morgan fingerprint density at radius 1 is 1.19 bits per heavy atom. The standard InChI is InChI=1S/C17H19FN2O/c18-15-5-3-14(4-6-15)17(21)12-20-11-1-2-16(20)13-7-9-19-10-8-13/h3-10,16-17,21H,1-2,11-12H2. The maximum absolute atomic E-state index is 12.9. The fourth-order valence-electron chi connectivity index (χ4n) is 3.02. The van der Waals surface area contributed by atoms with Crippen molar-refractivity contribution in [3.8, 4) is 0 Å². The maximum atomic E-state index is 12.9. The lowest BCUT2D eigenvalue weighted by Gasteiger charge is -2.27. The van der Waals surface area contributed by atoms with Crippen molar-refractivity contribution >= 4 is 0 Å². The van der Waals surface area contributed by atoms with E-state index in [2.05, 4.69) is 9.88 Å². The second kappa shape index (κ2) is 6.33. The summed E-state index contributed by atoms with van der Waals surface area (Å²) in [6.45, 7) is 1.55. The number of hydrogen-bond donors (Lipinski definition) is 1. The monoisotopic (exact) mass is 286 g/mol. The van der Waals surface area contributed by atoms with Crippen LogP contribution in [0.15, 0.2) is 48.8 Å². The first-order valence-electron chi connectivity index (χ1n) is 7.31. The van der Waals surface area contributed by atoms with Crippen LogP contribution in [0.5, 0.6) is 0 Å². The number of nitrogens with zero attached hydrogens (tertiary/aromatic N) is 2. The molecule has 1 N–H and O–H groups in total. The number of aliphatic hydroxyl groups is 1. The first-order valence-corrected chi connectivity index (χ1v) is 7.31. The van der Waals surface area contributed by atoms with Crippen molar-refractivity contribution in [1.29, 1.82) is 0 Å². The number of halogens is 1. The Labute approximate surface area is 124 Å². The summed E-state index contributed by atoms with van der Waals surface area (Å²) in [5, 5.41) is 10.4. The van der Waals surface area contributed by atoms with Crippen molar-refractivity contribution in [2.24, 2.45) is 0 Å². The van der Waals surface area contributed by atoms with Gasteiger partial charge in [0.05, 0.1) is 6.10 Å². The molecule has 2 heterocycles. The Bertz CT molecular complexity index is 573. The van der Waals surface area contributed by atoms with Gasteiger partial charge in [-0.25, -0.2) is 4.39 Å². The van der Waals surface area contributed by atoms with E-state index in [4.69, 9.17) is 0 Å².